The van der Waals surface area contributed by atoms with Gasteiger partial charge in [-0.1, -0.05) is 37.3 Å². The van der Waals surface area contributed by atoms with Gasteiger partial charge in [0.1, 0.15) is 17.3 Å². The van der Waals surface area contributed by atoms with Gasteiger partial charge in [0.2, 0.25) is 5.89 Å². The molecular formula is C27H26N2O3. The summed E-state index contributed by atoms with van der Waals surface area (Å²) in [5, 5.41) is 0. The molecule has 162 valence electrons. The van der Waals surface area contributed by atoms with E-state index in [2.05, 4.69) is 6.92 Å². The zero-order chi connectivity index (χ0) is 22.1. The molecule has 2 heterocycles. The van der Waals surface area contributed by atoms with Gasteiger partial charge in [-0.05, 0) is 72.4 Å². The normalized spacial score (nSPS) is 15.9. The maximum absolute atomic E-state index is 13.2. The number of aromatic nitrogens is 1. The third-order valence-corrected chi connectivity index (χ3v) is 6.24. The fourth-order valence-corrected chi connectivity index (χ4v) is 4.37. The van der Waals surface area contributed by atoms with Gasteiger partial charge in [0.15, 0.2) is 5.58 Å². The van der Waals surface area contributed by atoms with Crippen LogP contribution in [0.3, 0.4) is 0 Å². The van der Waals surface area contributed by atoms with Crippen LogP contribution in [0, 0.1) is 0 Å². The molecule has 32 heavy (non-hydrogen) atoms. The minimum Gasteiger partial charge on any atom is -0.497 e. The first-order chi connectivity index (χ1) is 15.7. The molecule has 1 fully saturated rings. The summed E-state index contributed by atoms with van der Waals surface area (Å²) in [5.74, 6) is 1.48. The van der Waals surface area contributed by atoms with E-state index < -0.39 is 0 Å². The molecule has 4 aromatic rings. The van der Waals surface area contributed by atoms with Gasteiger partial charge in [-0.3, -0.25) is 4.79 Å². The minimum absolute atomic E-state index is 0.0383. The highest BCUT2D eigenvalue weighted by Gasteiger charge is 2.34. The molecule has 5 heteroatoms. The smallest absolute Gasteiger partial charge is 0.254 e. The van der Waals surface area contributed by atoms with Crippen molar-refractivity contribution in [3.8, 4) is 16.9 Å². The van der Waals surface area contributed by atoms with Gasteiger partial charge >= 0.3 is 0 Å². The second-order valence-corrected chi connectivity index (χ2v) is 8.17. The zero-order valence-corrected chi connectivity index (χ0v) is 18.4. The summed E-state index contributed by atoms with van der Waals surface area (Å²) in [5.41, 5.74) is 5.64. The molecule has 1 saturated heterocycles. The molecular weight excluding hydrogens is 400 g/mol. The molecule has 0 radical (unpaired) electrons. The number of methoxy groups -OCH3 is 1. The van der Waals surface area contributed by atoms with E-state index in [0.717, 1.165) is 53.8 Å². The Morgan fingerprint density at radius 2 is 1.81 bits per heavy atom. The number of carbonyl (C=O) groups excluding carboxylic acids is 1. The number of oxazole rings is 1. The first kappa shape index (κ1) is 20.3. The SMILES string of the molecule is CCc1ccc(C(=O)N2CCC[C@H]2c2nc3cc(-c4ccc(OC)cc4)ccc3o2)cc1. The first-order valence-corrected chi connectivity index (χ1v) is 11.1. The highest BCUT2D eigenvalue weighted by atomic mass is 16.5. The van der Waals surface area contributed by atoms with Gasteiger partial charge in [-0.25, -0.2) is 4.98 Å². The van der Waals surface area contributed by atoms with Gasteiger partial charge in [-0.15, -0.1) is 0 Å². The summed E-state index contributed by atoms with van der Waals surface area (Å²) in [6.45, 7) is 2.83. The molecule has 5 nitrogen and oxygen atoms in total. The van der Waals surface area contributed by atoms with Gasteiger partial charge in [0.25, 0.3) is 5.91 Å². The van der Waals surface area contributed by atoms with Crippen molar-refractivity contribution in [3.05, 3.63) is 83.7 Å². The standard InChI is InChI=1S/C27H26N2O3/c1-3-18-6-8-20(9-7-18)27(30)29-16-4-5-24(29)26-28-23-17-21(12-15-25(23)32-26)19-10-13-22(31-2)14-11-19/h6-15,17,24H,3-5,16H2,1-2H3/t24-/m0/s1. The summed E-state index contributed by atoms with van der Waals surface area (Å²) in [7, 11) is 1.66. The molecule has 3 aromatic carbocycles. The second kappa shape index (κ2) is 8.50. The number of amides is 1. The van der Waals surface area contributed by atoms with E-state index in [0.29, 0.717) is 11.5 Å². The van der Waals surface area contributed by atoms with Crippen LogP contribution in [-0.4, -0.2) is 29.4 Å². The number of rotatable bonds is 5. The highest BCUT2D eigenvalue weighted by Crippen LogP contribution is 2.35. The third-order valence-electron chi connectivity index (χ3n) is 6.24. The summed E-state index contributed by atoms with van der Waals surface area (Å²) in [4.78, 5) is 19.9. The first-order valence-electron chi connectivity index (χ1n) is 11.1. The molecule has 0 aliphatic carbocycles. The van der Waals surface area contributed by atoms with Crippen LogP contribution in [0.1, 0.15) is 47.6 Å². The van der Waals surface area contributed by atoms with E-state index in [9.17, 15) is 4.79 Å². The number of hydrogen-bond acceptors (Lipinski definition) is 4. The molecule has 1 aromatic heterocycles. The molecule has 5 rings (SSSR count). The average molecular weight is 427 g/mol. The van der Waals surface area contributed by atoms with Crippen LogP contribution in [0.25, 0.3) is 22.2 Å². The maximum Gasteiger partial charge on any atom is 0.254 e. The third kappa shape index (κ3) is 3.75. The monoisotopic (exact) mass is 426 g/mol. The Balaban J connectivity index is 1.42. The van der Waals surface area contributed by atoms with E-state index in [1.54, 1.807) is 7.11 Å². The van der Waals surface area contributed by atoms with Crippen LogP contribution in [0.5, 0.6) is 5.75 Å². The quantitative estimate of drug-likeness (QED) is 0.390. The maximum atomic E-state index is 13.2. The number of carbonyl (C=O) groups is 1. The van der Waals surface area contributed by atoms with Crippen molar-refractivity contribution in [1.82, 2.24) is 9.88 Å². The lowest BCUT2D eigenvalue weighted by Crippen LogP contribution is -2.30. The van der Waals surface area contributed by atoms with E-state index in [1.807, 2.05) is 71.6 Å². The summed E-state index contributed by atoms with van der Waals surface area (Å²) >= 11 is 0. The number of fused-ring (bicyclic) bond motifs is 1. The minimum atomic E-state index is -0.134. The van der Waals surface area contributed by atoms with E-state index in [-0.39, 0.29) is 11.9 Å². The van der Waals surface area contributed by atoms with Gasteiger partial charge in [0.05, 0.1) is 7.11 Å². The van der Waals surface area contributed by atoms with Gasteiger partial charge in [0, 0.05) is 12.1 Å². The Labute approximate surface area is 187 Å². The predicted octanol–water partition coefficient (Wildman–Crippen LogP) is 6.04. The molecule has 1 atom stereocenters. The van der Waals surface area contributed by atoms with E-state index in [1.165, 1.54) is 5.56 Å². The predicted molar refractivity (Wildman–Crippen MR) is 125 cm³/mol. The van der Waals surface area contributed by atoms with Crippen molar-refractivity contribution in [1.29, 1.82) is 0 Å². The summed E-state index contributed by atoms with van der Waals surface area (Å²) in [6.07, 6.45) is 2.76. The topological polar surface area (TPSA) is 55.6 Å². The van der Waals surface area contributed by atoms with Crippen LogP contribution >= 0.6 is 0 Å². The number of hydrogen-bond donors (Lipinski definition) is 0. The highest BCUT2D eigenvalue weighted by molar-refractivity contribution is 5.94. The molecule has 0 saturated carbocycles. The van der Waals surface area contributed by atoms with E-state index in [4.69, 9.17) is 14.1 Å². The Kier molecular flexibility index (Phi) is 5.39. The Morgan fingerprint density at radius 3 is 2.53 bits per heavy atom. The summed E-state index contributed by atoms with van der Waals surface area (Å²) < 4.78 is 11.4. The second-order valence-electron chi connectivity index (χ2n) is 8.17. The molecule has 0 spiro atoms. The summed E-state index contributed by atoms with van der Waals surface area (Å²) in [6, 6.07) is 21.7. The van der Waals surface area contributed by atoms with Crippen LogP contribution in [0.15, 0.2) is 71.1 Å². The van der Waals surface area contributed by atoms with Crippen molar-refractivity contribution in [2.24, 2.45) is 0 Å². The van der Waals surface area contributed by atoms with Crippen LogP contribution in [0.4, 0.5) is 0 Å². The molecule has 1 amide bonds. The lowest BCUT2D eigenvalue weighted by Gasteiger charge is -2.22. The number of ether oxygens (including phenoxy) is 1. The van der Waals surface area contributed by atoms with Crippen LogP contribution < -0.4 is 4.74 Å². The Hall–Kier alpha value is -3.60. The zero-order valence-electron chi connectivity index (χ0n) is 18.4. The molecule has 1 aliphatic rings. The van der Waals surface area contributed by atoms with Crippen molar-refractivity contribution >= 4 is 17.0 Å². The molecule has 0 N–H and O–H groups in total. The fraction of sp³-hybridized carbons (Fsp3) is 0.259. The van der Waals surface area contributed by atoms with E-state index >= 15 is 0 Å². The molecule has 0 bridgehead atoms. The lowest BCUT2D eigenvalue weighted by molar-refractivity contribution is 0.0717. The number of likely N-dealkylation sites (tertiary alicyclic amines) is 1. The number of aryl methyl sites for hydroxylation is 1. The Bertz CT molecular complexity index is 1240. The average Bonchev–Trinajstić information content (AvgIpc) is 3.50. The molecule has 1 aliphatic heterocycles. The number of nitrogens with zero attached hydrogens (tertiary/aromatic N) is 2. The van der Waals surface area contributed by atoms with Crippen LogP contribution in [0.2, 0.25) is 0 Å². The Morgan fingerprint density at radius 1 is 1.06 bits per heavy atom. The van der Waals surface area contributed by atoms with Crippen molar-refractivity contribution in [2.75, 3.05) is 13.7 Å². The lowest BCUT2D eigenvalue weighted by atomic mass is 10.1. The fourth-order valence-electron chi connectivity index (χ4n) is 4.37. The van der Waals surface area contributed by atoms with Crippen molar-refractivity contribution in [3.63, 3.8) is 0 Å². The largest absolute Gasteiger partial charge is 0.497 e. The van der Waals surface area contributed by atoms with Crippen molar-refractivity contribution in [2.45, 2.75) is 32.2 Å². The van der Waals surface area contributed by atoms with Gasteiger partial charge < -0.3 is 14.1 Å². The number of benzene rings is 3. The van der Waals surface area contributed by atoms with Gasteiger partial charge in [-0.2, -0.15) is 0 Å². The molecule has 0 unspecified atom stereocenters. The van der Waals surface area contributed by atoms with Crippen LogP contribution in [-0.2, 0) is 6.42 Å². The van der Waals surface area contributed by atoms with Crippen molar-refractivity contribution < 1.29 is 13.9 Å².